The van der Waals surface area contributed by atoms with Crippen molar-refractivity contribution in [3.8, 4) is 0 Å². The van der Waals surface area contributed by atoms with Crippen molar-refractivity contribution in [3.05, 3.63) is 0 Å². The summed E-state index contributed by atoms with van der Waals surface area (Å²) in [4.78, 5) is 28.8. The summed E-state index contributed by atoms with van der Waals surface area (Å²) in [6, 6.07) is -0.502. The van der Waals surface area contributed by atoms with Crippen molar-refractivity contribution in [3.63, 3.8) is 0 Å². The highest BCUT2D eigenvalue weighted by Gasteiger charge is 2.23. The molecule has 0 aliphatic heterocycles. The summed E-state index contributed by atoms with van der Waals surface area (Å²) in [7, 11) is 0. The predicted octanol–water partition coefficient (Wildman–Crippen LogP) is 2.38. The highest BCUT2D eigenvalue weighted by Crippen LogP contribution is 2.09. The Bertz CT molecular complexity index is 484. The van der Waals surface area contributed by atoms with Crippen LogP contribution in [0.3, 0.4) is 0 Å². The first kappa shape index (κ1) is 24.0. The SMILES string of the molecule is CC(C)CC(NC(=O)OC(C)(C)C)/C(N)=N/OCC(=O)NC(C)C(C)C. The van der Waals surface area contributed by atoms with Crippen molar-refractivity contribution in [2.75, 3.05) is 6.61 Å². The van der Waals surface area contributed by atoms with E-state index in [1.807, 2.05) is 34.6 Å². The molecule has 2 atom stereocenters. The van der Waals surface area contributed by atoms with E-state index in [-0.39, 0.29) is 30.3 Å². The van der Waals surface area contributed by atoms with Gasteiger partial charge in [-0.25, -0.2) is 4.79 Å². The summed E-state index contributed by atoms with van der Waals surface area (Å²) < 4.78 is 5.24. The van der Waals surface area contributed by atoms with E-state index in [1.54, 1.807) is 20.8 Å². The average molecular weight is 373 g/mol. The number of ether oxygens (including phenoxy) is 1. The Morgan fingerprint density at radius 1 is 1.08 bits per heavy atom. The molecule has 0 aromatic carbocycles. The molecule has 0 aliphatic rings. The minimum atomic E-state index is -0.611. The molecule has 152 valence electrons. The van der Waals surface area contributed by atoms with Gasteiger partial charge in [-0.3, -0.25) is 4.79 Å². The van der Waals surface area contributed by atoms with Gasteiger partial charge in [-0.15, -0.1) is 0 Å². The molecular formula is C18H36N4O4. The topological polar surface area (TPSA) is 115 Å². The smallest absolute Gasteiger partial charge is 0.408 e. The molecule has 0 aromatic rings. The van der Waals surface area contributed by atoms with Crippen LogP contribution < -0.4 is 16.4 Å². The fourth-order valence-corrected chi connectivity index (χ4v) is 1.87. The van der Waals surface area contributed by atoms with Gasteiger partial charge in [-0.2, -0.15) is 0 Å². The zero-order valence-electron chi connectivity index (χ0n) is 17.4. The van der Waals surface area contributed by atoms with Gasteiger partial charge in [-0.05, 0) is 46.0 Å². The second-order valence-corrected chi connectivity index (χ2v) is 8.22. The van der Waals surface area contributed by atoms with Crippen molar-refractivity contribution < 1.29 is 19.2 Å². The molecule has 0 radical (unpaired) electrons. The second kappa shape index (κ2) is 10.9. The molecule has 0 saturated heterocycles. The summed E-state index contributed by atoms with van der Waals surface area (Å²) in [5.74, 6) is 0.400. The van der Waals surface area contributed by atoms with Crippen LogP contribution in [-0.4, -0.2) is 42.1 Å². The van der Waals surface area contributed by atoms with E-state index in [0.717, 1.165) is 0 Å². The molecule has 2 unspecified atom stereocenters. The Morgan fingerprint density at radius 3 is 2.12 bits per heavy atom. The first-order valence-electron chi connectivity index (χ1n) is 9.06. The molecule has 0 aliphatic carbocycles. The lowest BCUT2D eigenvalue weighted by Crippen LogP contribution is -2.47. The average Bonchev–Trinajstić information content (AvgIpc) is 2.43. The van der Waals surface area contributed by atoms with Gasteiger partial charge in [0.2, 0.25) is 0 Å². The van der Waals surface area contributed by atoms with E-state index in [1.165, 1.54) is 0 Å². The molecule has 0 spiro atoms. The van der Waals surface area contributed by atoms with Crippen LogP contribution in [0.25, 0.3) is 0 Å². The van der Waals surface area contributed by atoms with Crippen LogP contribution in [0.1, 0.15) is 61.8 Å². The number of hydrogen-bond donors (Lipinski definition) is 3. The largest absolute Gasteiger partial charge is 0.444 e. The van der Waals surface area contributed by atoms with Crippen molar-refractivity contribution >= 4 is 17.8 Å². The maximum atomic E-state index is 12.0. The lowest BCUT2D eigenvalue weighted by Gasteiger charge is -2.24. The fraction of sp³-hybridized carbons (Fsp3) is 0.833. The number of carbonyl (C=O) groups excluding carboxylic acids is 2. The molecule has 2 amide bonds. The van der Waals surface area contributed by atoms with Gasteiger partial charge in [0.25, 0.3) is 5.91 Å². The van der Waals surface area contributed by atoms with Gasteiger partial charge < -0.3 is 25.9 Å². The Balaban J connectivity index is 4.71. The zero-order chi connectivity index (χ0) is 20.5. The van der Waals surface area contributed by atoms with Gasteiger partial charge in [0.15, 0.2) is 12.4 Å². The Hall–Kier alpha value is -1.99. The maximum Gasteiger partial charge on any atom is 0.408 e. The van der Waals surface area contributed by atoms with Crippen molar-refractivity contribution in [1.82, 2.24) is 10.6 Å². The molecule has 0 fully saturated rings. The van der Waals surface area contributed by atoms with Gasteiger partial charge >= 0.3 is 6.09 Å². The lowest BCUT2D eigenvalue weighted by molar-refractivity contribution is -0.126. The van der Waals surface area contributed by atoms with Gasteiger partial charge in [-0.1, -0.05) is 32.9 Å². The highest BCUT2D eigenvalue weighted by atomic mass is 16.6. The molecule has 8 heteroatoms. The number of alkyl carbamates (subject to hydrolysis) is 1. The summed E-state index contributed by atoms with van der Waals surface area (Å²) in [6.45, 7) is 15.0. The second-order valence-electron chi connectivity index (χ2n) is 8.22. The van der Waals surface area contributed by atoms with Gasteiger partial charge in [0.05, 0.1) is 6.04 Å². The number of carbonyl (C=O) groups is 2. The Kier molecular flexibility index (Phi) is 10.0. The fourth-order valence-electron chi connectivity index (χ4n) is 1.87. The summed E-state index contributed by atoms with van der Waals surface area (Å²) in [6.07, 6.45) is -0.0149. The molecular weight excluding hydrogens is 336 g/mol. The summed E-state index contributed by atoms with van der Waals surface area (Å²) in [5, 5.41) is 9.28. The van der Waals surface area contributed by atoms with E-state index in [9.17, 15) is 9.59 Å². The standard InChI is InChI=1S/C18H36N4O4/c1-11(2)9-14(21-17(24)26-18(6,7)8)16(19)22-25-10-15(23)20-13(5)12(3)4/h11-14H,9-10H2,1-8H3,(H2,19,22)(H,20,23)(H,21,24). The van der Waals surface area contributed by atoms with Crippen LogP contribution in [0, 0.1) is 11.8 Å². The van der Waals surface area contributed by atoms with E-state index < -0.39 is 17.7 Å². The first-order chi connectivity index (χ1) is 11.8. The molecule has 26 heavy (non-hydrogen) atoms. The van der Waals surface area contributed by atoms with E-state index in [4.69, 9.17) is 15.3 Å². The van der Waals surface area contributed by atoms with Crippen LogP contribution in [0.5, 0.6) is 0 Å². The van der Waals surface area contributed by atoms with Gasteiger partial charge in [0.1, 0.15) is 5.60 Å². The molecule has 0 bridgehead atoms. The lowest BCUT2D eigenvalue weighted by atomic mass is 10.0. The molecule has 8 nitrogen and oxygen atoms in total. The normalized spacial score (nSPS) is 14.8. The highest BCUT2D eigenvalue weighted by molar-refractivity contribution is 5.88. The van der Waals surface area contributed by atoms with Crippen LogP contribution in [0.4, 0.5) is 4.79 Å². The number of nitrogens with zero attached hydrogens (tertiary/aromatic N) is 1. The van der Waals surface area contributed by atoms with Crippen molar-refractivity contribution in [2.45, 2.75) is 79.5 Å². The van der Waals surface area contributed by atoms with Crippen LogP contribution in [-0.2, 0) is 14.4 Å². The third kappa shape index (κ3) is 11.5. The van der Waals surface area contributed by atoms with E-state index in [2.05, 4.69) is 15.8 Å². The number of nitrogens with one attached hydrogen (secondary N) is 2. The van der Waals surface area contributed by atoms with Crippen molar-refractivity contribution in [2.24, 2.45) is 22.7 Å². The monoisotopic (exact) mass is 372 g/mol. The quantitative estimate of drug-likeness (QED) is 0.326. The summed E-state index contributed by atoms with van der Waals surface area (Å²) in [5.41, 5.74) is 5.33. The minimum Gasteiger partial charge on any atom is -0.444 e. The number of hydrogen-bond acceptors (Lipinski definition) is 5. The number of nitrogens with two attached hydrogens (primary N) is 1. The number of amides is 2. The maximum absolute atomic E-state index is 12.0. The van der Waals surface area contributed by atoms with Gasteiger partial charge in [0, 0.05) is 6.04 Å². The molecule has 0 aromatic heterocycles. The number of amidine groups is 1. The molecule has 0 saturated carbocycles. The van der Waals surface area contributed by atoms with E-state index >= 15 is 0 Å². The molecule has 4 N–H and O–H groups in total. The third-order valence-electron chi connectivity index (χ3n) is 3.51. The summed E-state index contributed by atoms with van der Waals surface area (Å²) >= 11 is 0. The van der Waals surface area contributed by atoms with Crippen LogP contribution >= 0.6 is 0 Å². The third-order valence-corrected chi connectivity index (χ3v) is 3.51. The number of rotatable bonds is 9. The first-order valence-corrected chi connectivity index (χ1v) is 9.06. The van der Waals surface area contributed by atoms with Crippen molar-refractivity contribution in [1.29, 1.82) is 0 Å². The molecule has 0 heterocycles. The van der Waals surface area contributed by atoms with Crippen LogP contribution in [0.2, 0.25) is 0 Å². The zero-order valence-corrected chi connectivity index (χ0v) is 17.4. The Morgan fingerprint density at radius 2 is 1.65 bits per heavy atom. The van der Waals surface area contributed by atoms with Crippen LogP contribution in [0.15, 0.2) is 5.16 Å². The number of oxime groups is 1. The predicted molar refractivity (Wildman–Crippen MR) is 103 cm³/mol. The van der Waals surface area contributed by atoms with E-state index in [0.29, 0.717) is 12.3 Å². The Labute approximate surface area is 157 Å². The minimum absolute atomic E-state index is 0.0370. The molecule has 0 rings (SSSR count).